The van der Waals surface area contributed by atoms with Crippen LogP contribution in [0, 0.1) is 0 Å². The lowest BCUT2D eigenvalue weighted by Gasteiger charge is -2.24. The van der Waals surface area contributed by atoms with E-state index in [1.165, 1.54) is 89.0 Å². The summed E-state index contributed by atoms with van der Waals surface area (Å²) in [7, 11) is 0. The molecule has 0 nitrogen and oxygen atoms in total. The van der Waals surface area contributed by atoms with Crippen molar-refractivity contribution in [1.29, 1.82) is 0 Å². The van der Waals surface area contributed by atoms with E-state index in [0.29, 0.717) is 0 Å². The van der Waals surface area contributed by atoms with E-state index in [0.717, 1.165) is 0 Å². The Balaban J connectivity index is 1.22. The molecule has 0 aliphatic heterocycles. The maximum absolute atomic E-state index is 2.47. The maximum atomic E-state index is 2.47. The lowest BCUT2D eigenvalue weighted by molar-refractivity contribution is 0.661. The van der Waals surface area contributed by atoms with Crippen molar-refractivity contribution in [2.24, 2.45) is 0 Å². The van der Waals surface area contributed by atoms with Gasteiger partial charge in [-0.2, -0.15) is 0 Å². The maximum Gasteiger partial charge on any atom is 0.0159 e. The second-order valence-corrected chi connectivity index (χ2v) is 14.1. The van der Waals surface area contributed by atoms with Crippen LogP contribution in [0.5, 0.6) is 0 Å². The topological polar surface area (TPSA) is 0 Å². The monoisotopic (exact) mass is 650 g/mol. The summed E-state index contributed by atoms with van der Waals surface area (Å²) in [6.45, 7) is 4.79. The van der Waals surface area contributed by atoms with Crippen LogP contribution in [0.4, 0.5) is 0 Å². The van der Waals surface area contributed by atoms with E-state index < -0.39 is 0 Å². The molecule has 0 saturated carbocycles. The minimum Gasteiger partial charge on any atom is -0.0622 e. The first-order valence-corrected chi connectivity index (χ1v) is 17.9. The van der Waals surface area contributed by atoms with Crippen molar-refractivity contribution in [2.45, 2.75) is 19.3 Å². The van der Waals surface area contributed by atoms with E-state index in [1.807, 2.05) is 0 Å². The third kappa shape index (κ3) is 5.32. The molecule has 51 heavy (non-hydrogen) atoms. The van der Waals surface area contributed by atoms with Gasteiger partial charge in [0, 0.05) is 5.41 Å². The molecular formula is C51H38. The van der Waals surface area contributed by atoms with Crippen LogP contribution < -0.4 is 0 Å². The second kappa shape index (κ2) is 12.6. The van der Waals surface area contributed by atoms with Crippen LogP contribution in [-0.4, -0.2) is 0 Å². The highest BCUT2D eigenvalue weighted by Gasteiger charge is 2.36. The van der Waals surface area contributed by atoms with Gasteiger partial charge in [-0.1, -0.05) is 196 Å². The molecular weight excluding hydrogens is 613 g/mol. The Morgan fingerprint density at radius 2 is 0.549 bits per heavy atom. The molecule has 1 aliphatic rings. The van der Waals surface area contributed by atoms with Crippen LogP contribution in [0.15, 0.2) is 194 Å². The molecule has 0 heteroatoms. The number of hydrogen-bond donors (Lipinski definition) is 0. The molecule has 0 amide bonds. The van der Waals surface area contributed by atoms with E-state index in [-0.39, 0.29) is 5.41 Å². The third-order valence-electron chi connectivity index (χ3n) is 10.7. The molecule has 8 aromatic rings. The Morgan fingerprint density at radius 1 is 0.255 bits per heavy atom. The first kappa shape index (κ1) is 30.8. The summed E-state index contributed by atoms with van der Waals surface area (Å²) in [6, 6.07) is 71.0. The van der Waals surface area contributed by atoms with Crippen molar-refractivity contribution in [3.8, 4) is 77.9 Å². The van der Waals surface area contributed by atoms with Gasteiger partial charge in [0.1, 0.15) is 0 Å². The van der Waals surface area contributed by atoms with Crippen molar-refractivity contribution in [2.75, 3.05) is 0 Å². The fraction of sp³-hybridized carbons (Fsp3) is 0.0588. The molecule has 8 aromatic carbocycles. The van der Waals surface area contributed by atoms with E-state index >= 15 is 0 Å². The zero-order chi connectivity index (χ0) is 34.4. The van der Waals surface area contributed by atoms with Gasteiger partial charge in [-0.3, -0.25) is 0 Å². The van der Waals surface area contributed by atoms with E-state index in [2.05, 4.69) is 208 Å². The molecule has 0 saturated heterocycles. The van der Waals surface area contributed by atoms with Crippen LogP contribution in [0.2, 0.25) is 0 Å². The normalized spacial score (nSPS) is 12.7. The van der Waals surface area contributed by atoms with Crippen LogP contribution in [0.1, 0.15) is 25.0 Å². The van der Waals surface area contributed by atoms with Crippen molar-refractivity contribution in [1.82, 2.24) is 0 Å². The molecule has 0 N–H and O–H groups in total. The molecule has 0 fully saturated rings. The Hall–Kier alpha value is -6.24. The summed E-state index contributed by atoms with van der Waals surface area (Å²) >= 11 is 0. The molecule has 0 unspecified atom stereocenters. The summed E-state index contributed by atoms with van der Waals surface area (Å²) in [5.74, 6) is 0. The predicted molar refractivity (Wildman–Crippen MR) is 217 cm³/mol. The first-order valence-electron chi connectivity index (χ1n) is 17.9. The van der Waals surface area contributed by atoms with Crippen LogP contribution in [0.3, 0.4) is 0 Å². The lowest BCUT2D eigenvalue weighted by atomic mass is 9.79. The summed E-state index contributed by atoms with van der Waals surface area (Å²) in [5, 5.41) is 0. The molecule has 242 valence electrons. The van der Waals surface area contributed by atoms with Crippen molar-refractivity contribution < 1.29 is 0 Å². The zero-order valence-corrected chi connectivity index (χ0v) is 29.0. The highest BCUT2D eigenvalue weighted by atomic mass is 14.4. The SMILES string of the molecule is CC1(C)c2cc(-c3c(-c4ccccc4)cccc3-c3ccccc3)ccc2-c2ccc(-c3c(-c4ccccc4)cccc3-c3ccccc3)cc21. The summed E-state index contributed by atoms with van der Waals surface area (Å²) in [5.41, 5.74) is 20.1. The van der Waals surface area contributed by atoms with Crippen LogP contribution in [0.25, 0.3) is 77.9 Å². The van der Waals surface area contributed by atoms with E-state index in [9.17, 15) is 0 Å². The molecule has 0 aromatic heterocycles. The zero-order valence-electron chi connectivity index (χ0n) is 29.0. The lowest BCUT2D eigenvalue weighted by Crippen LogP contribution is -2.15. The highest BCUT2D eigenvalue weighted by molar-refractivity contribution is 5.98. The first-order chi connectivity index (χ1) is 25.1. The van der Waals surface area contributed by atoms with Gasteiger partial charge in [0.25, 0.3) is 0 Å². The summed E-state index contributed by atoms with van der Waals surface area (Å²) in [6.07, 6.45) is 0. The largest absolute Gasteiger partial charge is 0.0622 e. The Morgan fingerprint density at radius 3 is 0.843 bits per heavy atom. The fourth-order valence-corrected chi connectivity index (χ4v) is 8.21. The fourth-order valence-electron chi connectivity index (χ4n) is 8.21. The van der Waals surface area contributed by atoms with Gasteiger partial charge in [0.05, 0.1) is 0 Å². The molecule has 0 radical (unpaired) electrons. The van der Waals surface area contributed by atoms with Crippen LogP contribution in [-0.2, 0) is 5.41 Å². The molecule has 9 rings (SSSR count). The van der Waals surface area contributed by atoms with Crippen LogP contribution >= 0.6 is 0 Å². The van der Waals surface area contributed by atoms with E-state index in [1.54, 1.807) is 0 Å². The van der Waals surface area contributed by atoms with Gasteiger partial charge < -0.3 is 0 Å². The molecule has 1 aliphatic carbocycles. The van der Waals surface area contributed by atoms with Gasteiger partial charge in [-0.05, 0) is 101 Å². The van der Waals surface area contributed by atoms with Gasteiger partial charge in [0.2, 0.25) is 0 Å². The quantitative estimate of drug-likeness (QED) is 0.168. The minimum absolute atomic E-state index is 0.195. The Labute approximate surface area is 301 Å². The van der Waals surface area contributed by atoms with Crippen molar-refractivity contribution in [3.63, 3.8) is 0 Å². The Bertz CT molecular complexity index is 2210. The number of fused-ring (bicyclic) bond motifs is 3. The highest BCUT2D eigenvalue weighted by Crippen LogP contribution is 2.53. The molecule has 0 atom stereocenters. The average molecular weight is 651 g/mol. The molecule has 0 spiro atoms. The third-order valence-corrected chi connectivity index (χ3v) is 10.7. The van der Waals surface area contributed by atoms with Crippen molar-refractivity contribution in [3.05, 3.63) is 205 Å². The van der Waals surface area contributed by atoms with Gasteiger partial charge in [0.15, 0.2) is 0 Å². The minimum atomic E-state index is -0.195. The average Bonchev–Trinajstić information content (AvgIpc) is 3.43. The van der Waals surface area contributed by atoms with Crippen molar-refractivity contribution >= 4 is 0 Å². The smallest absolute Gasteiger partial charge is 0.0159 e. The van der Waals surface area contributed by atoms with Gasteiger partial charge >= 0.3 is 0 Å². The summed E-state index contributed by atoms with van der Waals surface area (Å²) in [4.78, 5) is 0. The van der Waals surface area contributed by atoms with Gasteiger partial charge in [-0.15, -0.1) is 0 Å². The molecule has 0 heterocycles. The standard InChI is InChI=1S/C51H38/c1-51(2)47-33-39(49-41(35-17-7-3-8-18-35)25-15-26-42(49)36-19-9-4-10-20-36)29-31-45(47)46-32-30-40(34-48(46)51)50-43(37-21-11-5-12-22-37)27-16-28-44(50)38-23-13-6-14-24-38/h3-34H,1-2H3. The second-order valence-electron chi connectivity index (χ2n) is 14.1. The van der Waals surface area contributed by atoms with Gasteiger partial charge in [-0.25, -0.2) is 0 Å². The number of rotatable bonds is 6. The Kier molecular flexibility index (Phi) is 7.59. The molecule has 0 bridgehead atoms. The van der Waals surface area contributed by atoms with E-state index in [4.69, 9.17) is 0 Å². The predicted octanol–water partition coefficient (Wildman–Crippen LogP) is 14.0. The summed E-state index contributed by atoms with van der Waals surface area (Å²) < 4.78 is 0. The number of hydrogen-bond acceptors (Lipinski definition) is 0. The number of benzene rings is 8.